The SMILES string of the molecule is c1ccc(-c2ccc3c4ccc(-c5ccccc5)cc4n(-c4ccc(-c5ccc(-c6ccc(-n7c8ccccc8c8ccc9c%10ccccc%10oc9c87)cc6)cc5)cc4)c3c2)cc1. The summed E-state index contributed by atoms with van der Waals surface area (Å²) in [6.45, 7) is 0. The molecule has 294 valence electrons. The molecule has 0 saturated heterocycles. The Bertz CT molecular complexity index is 3760. The van der Waals surface area contributed by atoms with Crippen LogP contribution < -0.4 is 0 Å². The summed E-state index contributed by atoms with van der Waals surface area (Å²) in [5.74, 6) is 0. The third-order valence-corrected chi connectivity index (χ3v) is 13.0. The first kappa shape index (κ1) is 35.4. The maximum absolute atomic E-state index is 6.57. The number of aromatic nitrogens is 2. The molecule has 0 aliphatic rings. The molecule has 0 atom stereocenters. The van der Waals surface area contributed by atoms with Crippen molar-refractivity contribution in [2.45, 2.75) is 0 Å². The molecular formula is C60H38N2O. The molecule has 0 fully saturated rings. The summed E-state index contributed by atoms with van der Waals surface area (Å²) in [5, 5.41) is 7.17. The second-order valence-electron chi connectivity index (χ2n) is 16.5. The lowest BCUT2D eigenvalue weighted by Gasteiger charge is -2.12. The number of hydrogen-bond donors (Lipinski definition) is 0. The molecule has 0 spiro atoms. The first-order chi connectivity index (χ1) is 31.2. The third kappa shape index (κ3) is 5.67. The molecule has 13 aromatic rings. The van der Waals surface area contributed by atoms with E-state index in [1.807, 2.05) is 6.07 Å². The highest BCUT2D eigenvalue weighted by atomic mass is 16.3. The van der Waals surface area contributed by atoms with Crippen LogP contribution in [0.25, 0.3) is 121 Å². The van der Waals surface area contributed by atoms with E-state index in [0.29, 0.717) is 0 Å². The third-order valence-electron chi connectivity index (χ3n) is 13.0. The minimum absolute atomic E-state index is 0.907. The van der Waals surface area contributed by atoms with Crippen molar-refractivity contribution >= 4 is 65.6 Å². The van der Waals surface area contributed by atoms with Crippen molar-refractivity contribution in [3.8, 4) is 55.9 Å². The summed E-state index contributed by atoms with van der Waals surface area (Å²) in [6, 6.07) is 83.4. The van der Waals surface area contributed by atoms with E-state index < -0.39 is 0 Å². The van der Waals surface area contributed by atoms with Crippen LogP contribution in [0.1, 0.15) is 0 Å². The molecule has 0 unspecified atom stereocenters. The van der Waals surface area contributed by atoms with Gasteiger partial charge in [0.15, 0.2) is 5.58 Å². The zero-order valence-electron chi connectivity index (χ0n) is 34.2. The molecule has 3 heterocycles. The standard InChI is InChI=1S/C60H38N2O/c1-3-11-39(12-4-1)45-27-33-50-51-34-28-46(40-13-5-2-6-14-40)38-57(51)61(56(50)37-45)47-29-23-43(24-30-47)41-19-21-42(22-20-41)44-25-31-48(32-26-44)62-55-17-9-7-15-49(55)53-35-36-54-52-16-8-10-18-58(52)63-60(54)59(53)62/h1-38H. The Balaban J connectivity index is 0.847. The Kier molecular flexibility index (Phi) is 7.91. The molecule has 0 amide bonds. The van der Waals surface area contributed by atoms with Crippen molar-refractivity contribution in [1.29, 1.82) is 0 Å². The molecule has 3 aromatic heterocycles. The molecule has 0 bridgehead atoms. The number of furan rings is 1. The summed E-state index contributed by atoms with van der Waals surface area (Å²) in [6.07, 6.45) is 0. The summed E-state index contributed by atoms with van der Waals surface area (Å²) in [4.78, 5) is 0. The summed E-state index contributed by atoms with van der Waals surface area (Å²) in [5.41, 5.74) is 18.3. The molecule has 0 aliphatic carbocycles. The van der Waals surface area contributed by atoms with Gasteiger partial charge in [0.2, 0.25) is 0 Å². The Morgan fingerprint density at radius 3 is 1.22 bits per heavy atom. The Labute approximate surface area is 363 Å². The average molecular weight is 803 g/mol. The molecule has 63 heavy (non-hydrogen) atoms. The van der Waals surface area contributed by atoms with Gasteiger partial charge in [-0.25, -0.2) is 0 Å². The van der Waals surface area contributed by atoms with Gasteiger partial charge in [-0.1, -0.05) is 176 Å². The topological polar surface area (TPSA) is 23.0 Å². The second kappa shape index (κ2) is 14.1. The molecule has 3 heteroatoms. The number of fused-ring (bicyclic) bond motifs is 10. The highest BCUT2D eigenvalue weighted by Crippen LogP contribution is 2.41. The van der Waals surface area contributed by atoms with E-state index in [1.54, 1.807) is 0 Å². The Morgan fingerprint density at radius 1 is 0.254 bits per heavy atom. The highest BCUT2D eigenvalue weighted by Gasteiger charge is 2.19. The van der Waals surface area contributed by atoms with Crippen LogP contribution in [0.4, 0.5) is 0 Å². The monoisotopic (exact) mass is 802 g/mol. The van der Waals surface area contributed by atoms with Gasteiger partial charge >= 0.3 is 0 Å². The van der Waals surface area contributed by atoms with Gasteiger partial charge < -0.3 is 13.6 Å². The summed E-state index contributed by atoms with van der Waals surface area (Å²) >= 11 is 0. The number of nitrogens with zero attached hydrogens (tertiary/aromatic N) is 2. The van der Waals surface area contributed by atoms with Gasteiger partial charge in [-0.05, 0) is 99.1 Å². The van der Waals surface area contributed by atoms with Crippen molar-refractivity contribution in [3.63, 3.8) is 0 Å². The largest absolute Gasteiger partial charge is 0.454 e. The van der Waals surface area contributed by atoms with Gasteiger partial charge in [0, 0.05) is 43.7 Å². The van der Waals surface area contributed by atoms with Crippen LogP contribution in [-0.2, 0) is 0 Å². The van der Waals surface area contributed by atoms with E-state index in [0.717, 1.165) is 44.3 Å². The van der Waals surface area contributed by atoms with Crippen molar-refractivity contribution < 1.29 is 4.42 Å². The zero-order valence-corrected chi connectivity index (χ0v) is 34.2. The molecule has 0 radical (unpaired) electrons. The molecule has 3 nitrogen and oxygen atoms in total. The van der Waals surface area contributed by atoms with Gasteiger partial charge in [-0.15, -0.1) is 0 Å². The van der Waals surface area contributed by atoms with Crippen LogP contribution in [0, 0.1) is 0 Å². The Hall–Kier alpha value is -8.40. The minimum atomic E-state index is 0.907. The van der Waals surface area contributed by atoms with E-state index in [9.17, 15) is 0 Å². The predicted octanol–water partition coefficient (Wildman–Crippen LogP) is 16.4. The number of hydrogen-bond acceptors (Lipinski definition) is 1. The van der Waals surface area contributed by atoms with E-state index >= 15 is 0 Å². The van der Waals surface area contributed by atoms with Gasteiger partial charge in [0.25, 0.3) is 0 Å². The van der Waals surface area contributed by atoms with Crippen LogP contribution in [0.5, 0.6) is 0 Å². The first-order valence-corrected chi connectivity index (χ1v) is 21.6. The van der Waals surface area contributed by atoms with Crippen LogP contribution >= 0.6 is 0 Å². The molecule has 0 saturated carbocycles. The van der Waals surface area contributed by atoms with Crippen molar-refractivity contribution in [3.05, 3.63) is 231 Å². The van der Waals surface area contributed by atoms with Crippen LogP contribution in [0.3, 0.4) is 0 Å². The minimum Gasteiger partial charge on any atom is -0.454 e. The van der Waals surface area contributed by atoms with Crippen LogP contribution in [0.15, 0.2) is 235 Å². The molecule has 0 aliphatic heterocycles. The number of benzene rings is 10. The maximum Gasteiger partial charge on any atom is 0.160 e. The maximum atomic E-state index is 6.57. The fraction of sp³-hybridized carbons (Fsp3) is 0. The van der Waals surface area contributed by atoms with Crippen molar-refractivity contribution in [2.75, 3.05) is 0 Å². The zero-order chi connectivity index (χ0) is 41.4. The molecule has 13 rings (SSSR count). The summed E-state index contributed by atoms with van der Waals surface area (Å²) < 4.78 is 11.4. The van der Waals surface area contributed by atoms with Crippen LogP contribution in [0.2, 0.25) is 0 Å². The smallest absolute Gasteiger partial charge is 0.160 e. The lowest BCUT2D eigenvalue weighted by Crippen LogP contribution is -1.94. The predicted molar refractivity (Wildman–Crippen MR) is 264 cm³/mol. The fourth-order valence-corrected chi connectivity index (χ4v) is 9.88. The van der Waals surface area contributed by atoms with Gasteiger partial charge in [0.1, 0.15) is 5.58 Å². The highest BCUT2D eigenvalue weighted by molar-refractivity contribution is 6.21. The van der Waals surface area contributed by atoms with Crippen LogP contribution in [-0.4, -0.2) is 9.13 Å². The van der Waals surface area contributed by atoms with Gasteiger partial charge in [-0.2, -0.15) is 0 Å². The van der Waals surface area contributed by atoms with Gasteiger partial charge in [-0.3, -0.25) is 0 Å². The second-order valence-corrected chi connectivity index (χ2v) is 16.5. The van der Waals surface area contributed by atoms with E-state index in [2.05, 4.69) is 234 Å². The van der Waals surface area contributed by atoms with E-state index in [1.165, 1.54) is 77.1 Å². The Morgan fingerprint density at radius 2 is 0.651 bits per heavy atom. The van der Waals surface area contributed by atoms with Crippen molar-refractivity contribution in [1.82, 2.24) is 9.13 Å². The molecular weight excluding hydrogens is 765 g/mol. The average Bonchev–Trinajstić information content (AvgIpc) is 4.02. The number of para-hydroxylation sites is 2. The molecule has 10 aromatic carbocycles. The van der Waals surface area contributed by atoms with Gasteiger partial charge in [0.05, 0.1) is 22.1 Å². The lowest BCUT2D eigenvalue weighted by atomic mass is 10.00. The first-order valence-electron chi connectivity index (χ1n) is 21.6. The number of rotatable bonds is 6. The quantitative estimate of drug-likeness (QED) is 0.164. The lowest BCUT2D eigenvalue weighted by molar-refractivity contribution is 0.671. The fourth-order valence-electron chi connectivity index (χ4n) is 9.88. The molecule has 0 N–H and O–H groups in total. The van der Waals surface area contributed by atoms with E-state index in [4.69, 9.17) is 4.42 Å². The summed E-state index contributed by atoms with van der Waals surface area (Å²) in [7, 11) is 0. The van der Waals surface area contributed by atoms with E-state index in [-0.39, 0.29) is 0 Å². The normalized spacial score (nSPS) is 11.8. The van der Waals surface area contributed by atoms with Crippen molar-refractivity contribution in [2.24, 2.45) is 0 Å².